The van der Waals surface area contributed by atoms with E-state index in [1.165, 1.54) is 32.1 Å². The van der Waals surface area contributed by atoms with Gasteiger partial charge in [0.15, 0.2) is 0 Å². The molecule has 0 aliphatic heterocycles. The monoisotopic (exact) mass is 366 g/mol. The summed E-state index contributed by atoms with van der Waals surface area (Å²) in [6.45, 7) is 1.20. The van der Waals surface area contributed by atoms with Crippen molar-refractivity contribution in [3.63, 3.8) is 0 Å². The van der Waals surface area contributed by atoms with Gasteiger partial charge in [-0.25, -0.2) is 0 Å². The van der Waals surface area contributed by atoms with Gasteiger partial charge < -0.3 is 15.8 Å². The Morgan fingerprint density at radius 2 is 1.76 bits per heavy atom. The second kappa shape index (κ2) is 10.0. The summed E-state index contributed by atoms with van der Waals surface area (Å²) in [5.41, 5.74) is 6.88. The molecule has 5 heteroatoms. The van der Waals surface area contributed by atoms with E-state index >= 15 is 0 Å². The number of hydrogen-bond acceptors (Lipinski definition) is 3. The fourth-order valence-corrected chi connectivity index (χ4v) is 4.05. The number of benzene rings is 1. The lowest BCUT2D eigenvalue weighted by Gasteiger charge is -2.23. The van der Waals surface area contributed by atoms with E-state index in [0.717, 1.165) is 30.6 Å². The van der Waals surface area contributed by atoms with Crippen LogP contribution in [0.3, 0.4) is 0 Å². The molecule has 3 N–H and O–H groups in total. The molecule has 0 aromatic heterocycles. The van der Waals surface area contributed by atoms with Crippen molar-refractivity contribution in [2.75, 3.05) is 6.54 Å². The van der Waals surface area contributed by atoms with Crippen LogP contribution in [0.5, 0.6) is 5.75 Å². The minimum atomic E-state index is 0. The highest BCUT2D eigenvalue weighted by Gasteiger charge is 2.31. The lowest BCUT2D eigenvalue weighted by molar-refractivity contribution is -0.126. The summed E-state index contributed by atoms with van der Waals surface area (Å²) in [6.07, 6.45) is 9.78. The minimum Gasteiger partial charge on any atom is -0.490 e. The largest absolute Gasteiger partial charge is 0.490 e. The van der Waals surface area contributed by atoms with E-state index in [4.69, 9.17) is 10.5 Å². The Morgan fingerprint density at radius 1 is 1.04 bits per heavy atom. The fourth-order valence-electron chi connectivity index (χ4n) is 4.05. The van der Waals surface area contributed by atoms with Crippen molar-refractivity contribution in [2.45, 2.75) is 64.0 Å². The Hall–Kier alpha value is -1.26. The maximum atomic E-state index is 12.3. The Kier molecular flexibility index (Phi) is 8.04. The molecule has 0 saturated heterocycles. The van der Waals surface area contributed by atoms with Crippen LogP contribution < -0.4 is 15.8 Å². The van der Waals surface area contributed by atoms with Crippen molar-refractivity contribution in [3.05, 3.63) is 29.8 Å². The summed E-state index contributed by atoms with van der Waals surface area (Å²) in [7, 11) is 0. The summed E-state index contributed by atoms with van der Waals surface area (Å²) in [5, 5.41) is 3.07. The molecule has 0 unspecified atom stereocenters. The van der Waals surface area contributed by atoms with Crippen LogP contribution in [0.25, 0.3) is 0 Å². The molecule has 2 fully saturated rings. The van der Waals surface area contributed by atoms with E-state index < -0.39 is 0 Å². The third-order valence-corrected chi connectivity index (χ3v) is 5.54. The quantitative estimate of drug-likeness (QED) is 0.804. The molecule has 2 aliphatic rings. The number of hydrogen-bond donors (Lipinski definition) is 2. The van der Waals surface area contributed by atoms with Gasteiger partial charge in [0.1, 0.15) is 5.75 Å². The first kappa shape index (κ1) is 20.1. The maximum Gasteiger partial charge on any atom is 0.223 e. The van der Waals surface area contributed by atoms with Crippen molar-refractivity contribution in [3.8, 4) is 5.75 Å². The van der Waals surface area contributed by atoms with E-state index in [2.05, 4.69) is 5.32 Å². The van der Waals surface area contributed by atoms with Gasteiger partial charge in [0.2, 0.25) is 5.91 Å². The van der Waals surface area contributed by atoms with E-state index in [9.17, 15) is 4.79 Å². The van der Waals surface area contributed by atoms with Crippen LogP contribution >= 0.6 is 12.4 Å². The summed E-state index contributed by atoms with van der Waals surface area (Å²) < 4.78 is 6.04. The molecular weight excluding hydrogens is 336 g/mol. The highest BCUT2D eigenvalue weighted by Crippen LogP contribution is 2.31. The van der Waals surface area contributed by atoms with E-state index in [1.54, 1.807) is 0 Å². The number of amides is 1. The molecule has 1 aromatic rings. The first-order chi connectivity index (χ1) is 11.8. The zero-order valence-corrected chi connectivity index (χ0v) is 15.7. The Balaban J connectivity index is 0.00000225. The first-order valence-electron chi connectivity index (χ1n) is 9.49. The molecule has 25 heavy (non-hydrogen) atoms. The Bertz CT molecular complexity index is 529. The van der Waals surface area contributed by atoms with Gasteiger partial charge in [-0.1, -0.05) is 25.0 Å². The number of halogens is 1. The minimum absolute atomic E-state index is 0. The van der Waals surface area contributed by atoms with Crippen LogP contribution in [0.1, 0.15) is 56.9 Å². The van der Waals surface area contributed by atoms with Gasteiger partial charge >= 0.3 is 0 Å². The van der Waals surface area contributed by atoms with Crippen LogP contribution in [0.2, 0.25) is 0 Å². The topological polar surface area (TPSA) is 64.4 Å². The predicted molar refractivity (Wildman–Crippen MR) is 103 cm³/mol. The predicted octanol–water partition coefficient (Wildman–Crippen LogP) is 3.81. The molecule has 0 bridgehead atoms. The van der Waals surface area contributed by atoms with Gasteiger partial charge in [0.05, 0.1) is 6.10 Å². The normalized spacial score (nSPS) is 23.7. The van der Waals surface area contributed by atoms with E-state index in [-0.39, 0.29) is 24.2 Å². The van der Waals surface area contributed by atoms with E-state index in [1.807, 2.05) is 24.3 Å². The summed E-state index contributed by atoms with van der Waals surface area (Å²) >= 11 is 0. The van der Waals surface area contributed by atoms with Crippen LogP contribution in [0, 0.1) is 11.8 Å². The number of nitrogens with two attached hydrogens (primary N) is 1. The van der Waals surface area contributed by atoms with Gasteiger partial charge in [-0.2, -0.15) is 0 Å². The van der Waals surface area contributed by atoms with Crippen LogP contribution in [-0.4, -0.2) is 18.6 Å². The number of nitrogens with one attached hydrogen (secondary N) is 1. The van der Waals surface area contributed by atoms with Gasteiger partial charge in [-0.3, -0.25) is 4.79 Å². The molecule has 4 nitrogen and oxygen atoms in total. The zero-order chi connectivity index (χ0) is 16.8. The van der Waals surface area contributed by atoms with Gasteiger partial charge in [0, 0.05) is 12.5 Å². The molecule has 2 aliphatic carbocycles. The van der Waals surface area contributed by atoms with E-state index in [0.29, 0.717) is 25.1 Å². The van der Waals surface area contributed by atoms with Crippen LogP contribution in [0.15, 0.2) is 24.3 Å². The number of carbonyl (C=O) groups excluding carboxylic acids is 1. The van der Waals surface area contributed by atoms with Crippen molar-refractivity contribution >= 4 is 18.3 Å². The number of carbonyl (C=O) groups is 1. The lowest BCUT2D eigenvalue weighted by atomic mass is 9.95. The molecule has 1 amide bonds. The van der Waals surface area contributed by atoms with Gasteiger partial charge in [0.25, 0.3) is 0 Å². The summed E-state index contributed by atoms with van der Waals surface area (Å²) in [4.78, 5) is 12.3. The van der Waals surface area contributed by atoms with Crippen molar-refractivity contribution < 1.29 is 9.53 Å². The fraction of sp³-hybridized carbons (Fsp3) is 0.650. The standard InChI is InChI=1S/C20H30N2O2.ClH/c21-13-16-5-4-8-19(16)20(23)22-14-15-9-11-18(12-10-15)24-17-6-2-1-3-7-17;/h9-12,16-17,19H,1-8,13-14,21H2,(H,22,23);1H/t16-,19-;/m1./s1. The highest BCUT2D eigenvalue weighted by atomic mass is 35.5. The molecule has 140 valence electrons. The highest BCUT2D eigenvalue weighted by molar-refractivity contribution is 5.85. The van der Waals surface area contributed by atoms with Gasteiger partial charge in [-0.15, -0.1) is 12.4 Å². The molecule has 0 spiro atoms. The molecule has 1 aromatic carbocycles. The molecule has 2 saturated carbocycles. The van der Waals surface area contributed by atoms with Crippen LogP contribution in [-0.2, 0) is 11.3 Å². The summed E-state index contributed by atoms with van der Waals surface area (Å²) in [6, 6.07) is 8.14. The van der Waals surface area contributed by atoms with Crippen molar-refractivity contribution in [1.82, 2.24) is 5.32 Å². The average molecular weight is 367 g/mol. The average Bonchev–Trinajstić information content (AvgIpc) is 3.10. The molecule has 3 rings (SSSR count). The second-order valence-corrected chi connectivity index (χ2v) is 7.27. The van der Waals surface area contributed by atoms with Crippen LogP contribution in [0.4, 0.5) is 0 Å². The smallest absolute Gasteiger partial charge is 0.223 e. The van der Waals surface area contributed by atoms with Crippen molar-refractivity contribution in [1.29, 1.82) is 0 Å². The van der Waals surface area contributed by atoms with Gasteiger partial charge in [-0.05, 0) is 68.7 Å². The molecule has 2 atom stereocenters. The number of ether oxygens (including phenoxy) is 1. The molecule has 0 radical (unpaired) electrons. The van der Waals surface area contributed by atoms with Crippen molar-refractivity contribution in [2.24, 2.45) is 17.6 Å². The maximum absolute atomic E-state index is 12.3. The lowest BCUT2D eigenvalue weighted by Crippen LogP contribution is -2.34. The third kappa shape index (κ3) is 5.61. The Morgan fingerprint density at radius 3 is 2.44 bits per heavy atom. The molecular formula is C20H31ClN2O2. The second-order valence-electron chi connectivity index (χ2n) is 7.27. The number of rotatable bonds is 6. The molecule has 0 heterocycles. The SMILES string of the molecule is Cl.NC[C@H]1CCC[C@H]1C(=O)NCc1ccc(OC2CCCCC2)cc1. The Labute approximate surface area is 157 Å². The zero-order valence-electron chi connectivity index (χ0n) is 14.9. The first-order valence-corrected chi connectivity index (χ1v) is 9.49. The summed E-state index contributed by atoms with van der Waals surface area (Å²) in [5.74, 6) is 1.56. The third-order valence-electron chi connectivity index (χ3n) is 5.54.